The molecule has 1 aromatic carbocycles. The Labute approximate surface area is 140 Å². The number of hydrogen-bond acceptors (Lipinski definition) is 4. The van der Waals surface area contributed by atoms with Gasteiger partial charge in [0.15, 0.2) is 17.3 Å². The molecule has 0 aromatic heterocycles. The number of ether oxygens (including phenoxy) is 3. The summed E-state index contributed by atoms with van der Waals surface area (Å²) in [5.74, 6) is 1.63. The molecule has 23 heavy (non-hydrogen) atoms. The fraction of sp³-hybridized carbons (Fsp3) is 0.632. The molecule has 0 N–H and O–H groups in total. The molecule has 0 aliphatic carbocycles. The fourth-order valence-corrected chi connectivity index (χ4v) is 2.09. The summed E-state index contributed by atoms with van der Waals surface area (Å²) in [6, 6.07) is 3.51. The predicted octanol–water partition coefficient (Wildman–Crippen LogP) is 4.89. The average Bonchev–Trinajstić information content (AvgIpc) is 2.39. The highest BCUT2D eigenvalue weighted by atomic mass is 16.6. The largest absolute Gasteiger partial charge is 0.487 e. The van der Waals surface area contributed by atoms with Crippen molar-refractivity contribution < 1.29 is 19.0 Å². The Hall–Kier alpha value is -1.71. The Balaban J connectivity index is 3.45. The summed E-state index contributed by atoms with van der Waals surface area (Å²) >= 11 is 0. The summed E-state index contributed by atoms with van der Waals surface area (Å²) in [5, 5.41) is 0. The fourth-order valence-electron chi connectivity index (χ4n) is 2.09. The van der Waals surface area contributed by atoms with Gasteiger partial charge >= 0.3 is 0 Å². The van der Waals surface area contributed by atoms with Gasteiger partial charge in [0.25, 0.3) is 0 Å². The van der Waals surface area contributed by atoms with Gasteiger partial charge in [-0.25, -0.2) is 0 Å². The topological polar surface area (TPSA) is 44.8 Å². The van der Waals surface area contributed by atoms with Crippen molar-refractivity contribution in [1.29, 1.82) is 0 Å². The number of carbonyl (C=O) groups is 1. The van der Waals surface area contributed by atoms with Crippen LogP contribution in [0.1, 0.15) is 65.7 Å². The second-order valence-electron chi connectivity index (χ2n) is 6.82. The molecule has 0 aliphatic rings. The van der Waals surface area contributed by atoms with Gasteiger partial charge in [0.05, 0.1) is 18.3 Å². The van der Waals surface area contributed by atoms with Crippen molar-refractivity contribution in [3.63, 3.8) is 0 Å². The Kier molecular flexibility index (Phi) is 6.92. The standard InChI is InChI=1S/C19H30O4/c1-11(2)18(20)15-9-16(21-12(3)4)19(23-14(7)8)17(10-15)22-13(5)6/h9-14H,1-8H3. The molecule has 0 radical (unpaired) electrons. The predicted molar refractivity (Wildman–Crippen MR) is 92.9 cm³/mol. The highest BCUT2D eigenvalue weighted by Crippen LogP contribution is 2.41. The molecule has 1 rings (SSSR count). The summed E-state index contributed by atoms with van der Waals surface area (Å²) in [7, 11) is 0. The van der Waals surface area contributed by atoms with Gasteiger partial charge in [-0.2, -0.15) is 0 Å². The van der Waals surface area contributed by atoms with Crippen molar-refractivity contribution in [1.82, 2.24) is 0 Å². The molecule has 1 aromatic rings. The minimum absolute atomic E-state index is 0.0225. The lowest BCUT2D eigenvalue weighted by Crippen LogP contribution is -2.16. The van der Waals surface area contributed by atoms with Crippen LogP contribution in [0.4, 0.5) is 0 Å². The first-order valence-corrected chi connectivity index (χ1v) is 8.34. The molecule has 0 saturated heterocycles. The van der Waals surface area contributed by atoms with Gasteiger partial charge in [0.2, 0.25) is 5.75 Å². The van der Waals surface area contributed by atoms with E-state index in [1.54, 1.807) is 12.1 Å². The highest BCUT2D eigenvalue weighted by Gasteiger charge is 2.22. The Bertz CT molecular complexity index is 499. The van der Waals surface area contributed by atoms with Crippen LogP contribution < -0.4 is 14.2 Å². The van der Waals surface area contributed by atoms with Crippen molar-refractivity contribution in [2.24, 2.45) is 5.92 Å². The number of carbonyl (C=O) groups excluding carboxylic acids is 1. The van der Waals surface area contributed by atoms with Gasteiger partial charge in [0, 0.05) is 11.5 Å². The first-order chi connectivity index (χ1) is 10.6. The van der Waals surface area contributed by atoms with Crippen LogP contribution >= 0.6 is 0 Å². The minimum atomic E-state index is -0.0920. The quantitative estimate of drug-likeness (QED) is 0.639. The lowest BCUT2D eigenvalue weighted by atomic mass is 10.00. The molecule has 130 valence electrons. The van der Waals surface area contributed by atoms with Crippen molar-refractivity contribution in [2.45, 2.75) is 73.7 Å². The van der Waals surface area contributed by atoms with E-state index in [2.05, 4.69) is 0 Å². The molecule has 0 bridgehead atoms. The Morgan fingerprint density at radius 1 is 0.739 bits per heavy atom. The number of hydrogen-bond donors (Lipinski definition) is 0. The van der Waals surface area contributed by atoms with Gasteiger partial charge in [-0.05, 0) is 53.7 Å². The van der Waals surface area contributed by atoms with Crippen LogP contribution in [0.15, 0.2) is 12.1 Å². The maximum Gasteiger partial charge on any atom is 0.203 e. The summed E-state index contributed by atoms with van der Waals surface area (Å²) in [6.07, 6.45) is -0.0766. The van der Waals surface area contributed by atoms with Crippen LogP contribution in [0.5, 0.6) is 17.2 Å². The van der Waals surface area contributed by atoms with Gasteiger partial charge < -0.3 is 14.2 Å². The van der Waals surface area contributed by atoms with E-state index in [-0.39, 0.29) is 30.0 Å². The van der Waals surface area contributed by atoms with E-state index in [1.807, 2.05) is 55.4 Å². The molecule has 0 spiro atoms. The van der Waals surface area contributed by atoms with E-state index in [0.717, 1.165) is 0 Å². The van der Waals surface area contributed by atoms with Gasteiger partial charge in [-0.3, -0.25) is 4.79 Å². The van der Waals surface area contributed by atoms with Gasteiger partial charge in [-0.15, -0.1) is 0 Å². The van der Waals surface area contributed by atoms with E-state index >= 15 is 0 Å². The lowest BCUT2D eigenvalue weighted by molar-refractivity contribution is 0.0937. The second kappa shape index (κ2) is 8.23. The Morgan fingerprint density at radius 3 is 1.43 bits per heavy atom. The molecule has 0 aliphatic heterocycles. The molecule has 4 heteroatoms. The van der Waals surface area contributed by atoms with Crippen LogP contribution in [0.3, 0.4) is 0 Å². The summed E-state index contributed by atoms with van der Waals surface area (Å²) in [6.45, 7) is 15.4. The third-order valence-corrected chi connectivity index (χ3v) is 2.91. The first kappa shape index (κ1) is 19.3. The molecule has 0 fully saturated rings. The number of ketones is 1. The van der Waals surface area contributed by atoms with Crippen LogP contribution in [-0.4, -0.2) is 24.1 Å². The van der Waals surface area contributed by atoms with Crippen LogP contribution in [0.2, 0.25) is 0 Å². The van der Waals surface area contributed by atoms with Crippen molar-refractivity contribution >= 4 is 5.78 Å². The van der Waals surface area contributed by atoms with E-state index < -0.39 is 0 Å². The Morgan fingerprint density at radius 2 is 1.13 bits per heavy atom. The van der Waals surface area contributed by atoms with Gasteiger partial charge in [0.1, 0.15) is 0 Å². The summed E-state index contributed by atoms with van der Waals surface area (Å²) < 4.78 is 17.7. The molecular formula is C19H30O4. The van der Waals surface area contributed by atoms with Crippen LogP contribution in [0, 0.1) is 5.92 Å². The maximum absolute atomic E-state index is 12.4. The second-order valence-corrected chi connectivity index (χ2v) is 6.82. The van der Waals surface area contributed by atoms with E-state index in [9.17, 15) is 4.79 Å². The molecular weight excluding hydrogens is 292 g/mol. The van der Waals surface area contributed by atoms with Crippen LogP contribution in [-0.2, 0) is 0 Å². The SMILES string of the molecule is CC(C)Oc1cc(C(=O)C(C)C)cc(OC(C)C)c1OC(C)C. The average molecular weight is 322 g/mol. The van der Waals surface area contributed by atoms with E-state index in [1.165, 1.54) is 0 Å². The molecule has 0 heterocycles. The number of rotatable bonds is 8. The number of benzene rings is 1. The van der Waals surface area contributed by atoms with E-state index in [4.69, 9.17) is 14.2 Å². The van der Waals surface area contributed by atoms with Gasteiger partial charge in [-0.1, -0.05) is 13.8 Å². The highest BCUT2D eigenvalue weighted by molar-refractivity contribution is 5.98. The third kappa shape index (κ3) is 5.77. The minimum Gasteiger partial charge on any atom is -0.487 e. The molecule has 4 nitrogen and oxygen atoms in total. The number of Topliss-reactive ketones (excluding diaryl/α,β-unsaturated/α-hetero) is 1. The molecule has 0 unspecified atom stereocenters. The monoisotopic (exact) mass is 322 g/mol. The van der Waals surface area contributed by atoms with Crippen LogP contribution in [0.25, 0.3) is 0 Å². The zero-order valence-corrected chi connectivity index (χ0v) is 15.6. The smallest absolute Gasteiger partial charge is 0.203 e. The third-order valence-electron chi connectivity index (χ3n) is 2.91. The summed E-state index contributed by atoms with van der Waals surface area (Å²) in [4.78, 5) is 12.4. The normalized spacial score (nSPS) is 11.5. The van der Waals surface area contributed by atoms with Crippen molar-refractivity contribution in [3.8, 4) is 17.2 Å². The van der Waals surface area contributed by atoms with Crippen molar-refractivity contribution in [2.75, 3.05) is 0 Å². The maximum atomic E-state index is 12.4. The summed E-state index contributed by atoms with van der Waals surface area (Å²) in [5.41, 5.74) is 0.586. The molecule has 0 saturated carbocycles. The zero-order chi connectivity index (χ0) is 17.7. The molecule has 0 atom stereocenters. The van der Waals surface area contributed by atoms with E-state index in [0.29, 0.717) is 22.8 Å². The zero-order valence-electron chi connectivity index (χ0n) is 15.6. The molecule has 0 amide bonds. The van der Waals surface area contributed by atoms with Crippen molar-refractivity contribution in [3.05, 3.63) is 17.7 Å². The first-order valence-electron chi connectivity index (χ1n) is 8.34. The lowest BCUT2D eigenvalue weighted by Gasteiger charge is -2.22.